The highest BCUT2D eigenvalue weighted by molar-refractivity contribution is 6.31. The van der Waals surface area contributed by atoms with E-state index < -0.39 is 5.91 Å². The summed E-state index contributed by atoms with van der Waals surface area (Å²) in [6.45, 7) is -0.240. The third kappa shape index (κ3) is 4.96. The van der Waals surface area contributed by atoms with Gasteiger partial charge in [-0.1, -0.05) is 23.7 Å². The molecule has 168 valence electrons. The van der Waals surface area contributed by atoms with Gasteiger partial charge in [0.1, 0.15) is 23.7 Å². The van der Waals surface area contributed by atoms with Crippen LogP contribution >= 0.6 is 11.6 Å². The molecule has 8 nitrogen and oxygen atoms in total. The quantitative estimate of drug-likeness (QED) is 0.588. The first-order valence-electron chi connectivity index (χ1n) is 10.1. The largest absolute Gasteiger partial charge is 0.497 e. The van der Waals surface area contributed by atoms with Crippen molar-refractivity contribution in [3.05, 3.63) is 71.4 Å². The van der Waals surface area contributed by atoms with Gasteiger partial charge in [0.2, 0.25) is 11.8 Å². The third-order valence-electron chi connectivity index (χ3n) is 5.04. The van der Waals surface area contributed by atoms with Gasteiger partial charge in [0.05, 0.1) is 32.0 Å². The Hall–Kier alpha value is -3.91. The third-order valence-corrected chi connectivity index (χ3v) is 5.27. The molecule has 0 spiro atoms. The van der Waals surface area contributed by atoms with Gasteiger partial charge in [-0.15, -0.1) is 0 Å². The van der Waals surface area contributed by atoms with E-state index in [4.69, 9.17) is 21.1 Å². The first-order valence-corrected chi connectivity index (χ1v) is 10.5. The first-order chi connectivity index (χ1) is 16.0. The molecular formula is C24H21ClN4O4. The van der Waals surface area contributed by atoms with E-state index in [0.717, 1.165) is 5.56 Å². The average molecular weight is 465 g/mol. The summed E-state index contributed by atoms with van der Waals surface area (Å²) in [5.74, 6) is 0.639. The van der Waals surface area contributed by atoms with E-state index in [1.807, 2.05) is 6.07 Å². The minimum Gasteiger partial charge on any atom is -0.497 e. The van der Waals surface area contributed by atoms with Crippen LogP contribution in [0.1, 0.15) is 12.0 Å². The van der Waals surface area contributed by atoms with Gasteiger partial charge in [0.15, 0.2) is 5.82 Å². The number of aromatic nitrogens is 1. The Bertz CT molecular complexity index is 1240. The SMILES string of the molecule is COc1ccc(NC(=O)CN2C(=O)CC(c3cccc(Cl)c3)=Nc3cccnc32)c(OC)c1. The fourth-order valence-electron chi connectivity index (χ4n) is 3.46. The van der Waals surface area contributed by atoms with E-state index in [-0.39, 0.29) is 18.9 Å². The molecule has 0 radical (unpaired) electrons. The highest BCUT2D eigenvalue weighted by atomic mass is 35.5. The summed E-state index contributed by atoms with van der Waals surface area (Å²) < 4.78 is 10.5. The van der Waals surface area contributed by atoms with Crippen molar-refractivity contribution in [2.45, 2.75) is 6.42 Å². The normalized spacial score (nSPS) is 13.0. The molecule has 2 aromatic carbocycles. The van der Waals surface area contributed by atoms with E-state index in [1.165, 1.54) is 12.0 Å². The molecule has 0 saturated carbocycles. The zero-order valence-electron chi connectivity index (χ0n) is 18.0. The lowest BCUT2D eigenvalue weighted by molar-refractivity contribution is -0.120. The fourth-order valence-corrected chi connectivity index (χ4v) is 3.65. The van der Waals surface area contributed by atoms with E-state index in [0.29, 0.717) is 39.4 Å². The number of methoxy groups -OCH3 is 2. The standard InChI is InChI=1S/C24H21ClN4O4/c1-32-17-8-9-18(21(12-17)33-2)28-22(30)14-29-23(31)13-20(15-5-3-6-16(25)11-15)27-19-7-4-10-26-24(19)29/h3-12H,13-14H2,1-2H3,(H,28,30). The van der Waals surface area contributed by atoms with Crippen LogP contribution in [0.4, 0.5) is 17.2 Å². The van der Waals surface area contributed by atoms with Gasteiger partial charge >= 0.3 is 0 Å². The zero-order chi connectivity index (χ0) is 23.4. The molecule has 1 aromatic heterocycles. The number of nitrogens with zero attached hydrogens (tertiary/aromatic N) is 3. The number of ether oxygens (including phenoxy) is 2. The van der Waals surface area contributed by atoms with E-state index in [9.17, 15) is 9.59 Å². The highest BCUT2D eigenvalue weighted by Gasteiger charge is 2.28. The predicted molar refractivity (Wildman–Crippen MR) is 127 cm³/mol. The number of amides is 2. The Balaban J connectivity index is 1.60. The number of hydrogen-bond acceptors (Lipinski definition) is 6. The highest BCUT2D eigenvalue weighted by Crippen LogP contribution is 2.32. The molecule has 0 bridgehead atoms. The molecule has 0 fully saturated rings. The van der Waals surface area contributed by atoms with Gasteiger partial charge in [-0.05, 0) is 42.0 Å². The molecule has 1 N–H and O–H groups in total. The summed E-state index contributed by atoms with van der Waals surface area (Å²) in [6.07, 6.45) is 1.55. The minimum atomic E-state index is -0.408. The molecule has 0 atom stereocenters. The molecule has 2 amide bonds. The van der Waals surface area contributed by atoms with Crippen LogP contribution in [-0.2, 0) is 9.59 Å². The number of anilines is 2. The smallest absolute Gasteiger partial charge is 0.244 e. The monoisotopic (exact) mass is 464 g/mol. The van der Waals surface area contributed by atoms with Gasteiger partial charge in [-0.25, -0.2) is 9.98 Å². The number of benzene rings is 2. The van der Waals surface area contributed by atoms with Gasteiger partial charge in [-0.2, -0.15) is 0 Å². The predicted octanol–water partition coefficient (Wildman–Crippen LogP) is 4.25. The maximum absolute atomic E-state index is 13.2. The van der Waals surface area contributed by atoms with Crippen molar-refractivity contribution < 1.29 is 19.1 Å². The van der Waals surface area contributed by atoms with Crippen molar-refractivity contribution in [1.29, 1.82) is 0 Å². The van der Waals surface area contributed by atoms with E-state index in [1.54, 1.807) is 61.8 Å². The molecular weight excluding hydrogens is 444 g/mol. The maximum Gasteiger partial charge on any atom is 0.244 e. The number of carbonyl (C=O) groups is 2. The maximum atomic E-state index is 13.2. The molecule has 2 heterocycles. The molecule has 1 aliphatic heterocycles. The molecule has 4 rings (SSSR count). The molecule has 0 unspecified atom stereocenters. The Labute approximate surface area is 195 Å². The molecule has 9 heteroatoms. The van der Waals surface area contributed by atoms with Crippen LogP contribution < -0.4 is 19.7 Å². The lowest BCUT2D eigenvalue weighted by Crippen LogP contribution is -2.39. The zero-order valence-corrected chi connectivity index (χ0v) is 18.8. The molecule has 1 aliphatic rings. The van der Waals surface area contributed by atoms with Gasteiger partial charge in [0.25, 0.3) is 0 Å². The van der Waals surface area contributed by atoms with E-state index in [2.05, 4.69) is 15.3 Å². The summed E-state index contributed by atoms with van der Waals surface area (Å²) in [5.41, 5.74) is 2.24. The Morgan fingerprint density at radius 1 is 1.12 bits per heavy atom. The van der Waals surface area contributed by atoms with Crippen LogP contribution in [0.15, 0.2) is 65.8 Å². The lowest BCUT2D eigenvalue weighted by atomic mass is 10.1. The van der Waals surface area contributed by atoms with Crippen LogP contribution in [0.5, 0.6) is 11.5 Å². The molecule has 3 aromatic rings. The number of carbonyl (C=O) groups excluding carboxylic acids is 2. The average Bonchev–Trinajstić information content (AvgIpc) is 2.96. The van der Waals surface area contributed by atoms with Crippen molar-refractivity contribution in [3.63, 3.8) is 0 Å². The summed E-state index contributed by atoms with van der Waals surface area (Å²) in [5, 5.41) is 3.33. The van der Waals surface area contributed by atoms with Crippen LogP contribution in [-0.4, -0.2) is 43.3 Å². The number of nitrogens with one attached hydrogen (secondary N) is 1. The Morgan fingerprint density at radius 2 is 1.97 bits per heavy atom. The van der Waals surface area contributed by atoms with Crippen LogP contribution in [0.3, 0.4) is 0 Å². The number of rotatable bonds is 6. The second-order valence-corrected chi connectivity index (χ2v) is 7.62. The van der Waals surface area contributed by atoms with Gasteiger partial charge < -0.3 is 14.8 Å². The van der Waals surface area contributed by atoms with Crippen LogP contribution in [0, 0.1) is 0 Å². The van der Waals surface area contributed by atoms with Crippen molar-refractivity contribution in [2.75, 3.05) is 31.0 Å². The first kappa shape index (κ1) is 22.3. The van der Waals surface area contributed by atoms with Crippen molar-refractivity contribution >= 4 is 46.3 Å². The second kappa shape index (κ2) is 9.70. The summed E-state index contributed by atoms with van der Waals surface area (Å²) in [6, 6.07) is 15.7. The number of pyridine rings is 1. The molecule has 0 aliphatic carbocycles. The number of halogens is 1. The Kier molecular flexibility index (Phi) is 6.55. The number of aliphatic imine (C=N–C) groups is 1. The number of hydrogen-bond donors (Lipinski definition) is 1. The second-order valence-electron chi connectivity index (χ2n) is 7.19. The Morgan fingerprint density at radius 3 is 2.73 bits per heavy atom. The van der Waals surface area contributed by atoms with Crippen molar-refractivity contribution in [3.8, 4) is 11.5 Å². The lowest BCUT2D eigenvalue weighted by Gasteiger charge is -2.21. The van der Waals surface area contributed by atoms with Crippen LogP contribution in [0.2, 0.25) is 5.02 Å². The number of fused-ring (bicyclic) bond motifs is 1. The summed E-state index contributed by atoms with van der Waals surface area (Å²) >= 11 is 6.13. The molecule has 0 saturated heterocycles. The van der Waals surface area contributed by atoms with E-state index >= 15 is 0 Å². The molecule has 33 heavy (non-hydrogen) atoms. The van der Waals surface area contributed by atoms with Crippen molar-refractivity contribution in [1.82, 2.24) is 4.98 Å². The summed E-state index contributed by atoms with van der Waals surface area (Å²) in [4.78, 5) is 36.4. The van der Waals surface area contributed by atoms with Crippen molar-refractivity contribution in [2.24, 2.45) is 4.99 Å². The van der Waals surface area contributed by atoms with Gasteiger partial charge in [-0.3, -0.25) is 14.5 Å². The minimum absolute atomic E-state index is 0.00413. The summed E-state index contributed by atoms with van der Waals surface area (Å²) in [7, 11) is 3.04. The topological polar surface area (TPSA) is 93.1 Å². The fraction of sp³-hybridized carbons (Fsp3) is 0.167. The van der Waals surface area contributed by atoms with Gasteiger partial charge in [0, 0.05) is 17.3 Å². The van der Waals surface area contributed by atoms with Crippen LogP contribution in [0.25, 0.3) is 0 Å².